The Morgan fingerprint density at radius 2 is 1.96 bits per heavy atom. The van der Waals surface area contributed by atoms with Gasteiger partial charge in [-0.1, -0.05) is 35.3 Å². The van der Waals surface area contributed by atoms with Crippen LogP contribution < -0.4 is 11.1 Å². The minimum Gasteiger partial charge on any atom is -0.351 e. The molecular formula is C19H20Cl2N4O2. The Kier molecular flexibility index (Phi) is 5.87. The molecule has 27 heavy (non-hydrogen) atoms. The molecular weight excluding hydrogens is 387 g/mol. The molecule has 1 atom stereocenters. The molecule has 1 aromatic heterocycles. The monoisotopic (exact) mass is 406 g/mol. The number of halogens is 2. The number of carbonyl (C=O) groups is 2. The first kappa shape index (κ1) is 19.5. The fraction of sp³-hybridized carbons (Fsp3) is 0.316. The maximum absolute atomic E-state index is 13.2. The lowest BCUT2D eigenvalue weighted by Crippen LogP contribution is -2.59. The summed E-state index contributed by atoms with van der Waals surface area (Å²) in [6, 6.07) is 8.20. The summed E-state index contributed by atoms with van der Waals surface area (Å²) in [6.07, 6.45) is 4.70. The molecule has 0 saturated carbocycles. The number of amides is 3. The first-order valence-corrected chi connectivity index (χ1v) is 9.37. The second-order valence-corrected chi connectivity index (χ2v) is 7.36. The van der Waals surface area contributed by atoms with E-state index in [2.05, 4.69) is 10.3 Å². The average Bonchev–Trinajstić information content (AvgIpc) is 3.09. The molecule has 8 heteroatoms. The maximum Gasteiger partial charge on any atom is 0.315 e. The second kappa shape index (κ2) is 8.15. The van der Waals surface area contributed by atoms with E-state index in [1.165, 1.54) is 4.90 Å². The van der Waals surface area contributed by atoms with E-state index in [1.54, 1.807) is 36.7 Å². The van der Waals surface area contributed by atoms with Crippen LogP contribution in [0.25, 0.3) is 0 Å². The highest BCUT2D eigenvalue weighted by atomic mass is 35.5. The summed E-state index contributed by atoms with van der Waals surface area (Å²) in [6.45, 7) is 0.717. The van der Waals surface area contributed by atoms with Crippen LogP contribution in [-0.2, 0) is 17.8 Å². The Balaban J connectivity index is 1.91. The van der Waals surface area contributed by atoms with Crippen molar-refractivity contribution in [1.82, 2.24) is 15.2 Å². The zero-order chi connectivity index (χ0) is 19.4. The van der Waals surface area contributed by atoms with Crippen LogP contribution in [-0.4, -0.2) is 33.9 Å². The third-order valence-electron chi connectivity index (χ3n) is 4.88. The topological polar surface area (TPSA) is 88.3 Å². The summed E-state index contributed by atoms with van der Waals surface area (Å²) in [7, 11) is 0. The molecule has 1 aliphatic rings. The molecule has 0 spiro atoms. The van der Waals surface area contributed by atoms with Crippen LogP contribution in [0.4, 0.5) is 4.79 Å². The molecule has 6 nitrogen and oxygen atoms in total. The van der Waals surface area contributed by atoms with Crippen molar-refractivity contribution in [1.29, 1.82) is 0 Å². The van der Waals surface area contributed by atoms with Gasteiger partial charge in [-0.15, -0.1) is 0 Å². The number of carbonyl (C=O) groups excluding carboxylic acids is 2. The van der Waals surface area contributed by atoms with Gasteiger partial charge in [-0.25, -0.2) is 4.79 Å². The number of pyridine rings is 1. The van der Waals surface area contributed by atoms with Crippen LogP contribution in [0.15, 0.2) is 42.7 Å². The van der Waals surface area contributed by atoms with Gasteiger partial charge in [0.25, 0.3) is 0 Å². The van der Waals surface area contributed by atoms with Gasteiger partial charge in [-0.3, -0.25) is 9.78 Å². The van der Waals surface area contributed by atoms with Gasteiger partial charge in [0.1, 0.15) is 5.54 Å². The fourth-order valence-electron chi connectivity index (χ4n) is 3.54. The Labute approximate surface area is 167 Å². The van der Waals surface area contributed by atoms with Gasteiger partial charge < -0.3 is 16.0 Å². The van der Waals surface area contributed by atoms with Gasteiger partial charge in [0.05, 0.1) is 0 Å². The summed E-state index contributed by atoms with van der Waals surface area (Å²) in [5, 5.41) is 3.82. The molecule has 1 unspecified atom stereocenters. The molecule has 1 aliphatic heterocycles. The first-order valence-electron chi connectivity index (χ1n) is 8.61. The highest BCUT2D eigenvalue weighted by molar-refractivity contribution is 6.36. The van der Waals surface area contributed by atoms with Gasteiger partial charge in [-0.05, 0) is 42.2 Å². The van der Waals surface area contributed by atoms with E-state index in [1.807, 2.05) is 6.07 Å². The lowest BCUT2D eigenvalue weighted by Gasteiger charge is -2.36. The molecule has 0 aliphatic carbocycles. The van der Waals surface area contributed by atoms with E-state index in [0.717, 1.165) is 5.56 Å². The van der Waals surface area contributed by atoms with Crippen molar-refractivity contribution in [2.45, 2.75) is 31.3 Å². The van der Waals surface area contributed by atoms with E-state index in [9.17, 15) is 9.59 Å². The zero-order valence-electron chi connectivity index (χ0n) is 14.6. The third kappa shape index (κ3) is 4.01. The normalized spacial score (nSPS) is 19.1. The molecule has 2 heterocycles. The van der Waals surface area contributed by atoms with Gasteiger partial charge in [0.2, 0.25) is 5.91 Å². The van der Waals surface area contributed by atoms with E-state index < -0.39 is 11.6 Å². The Bertz CT molecular complexity index is 827. The number of aromatic nitrogens is 1. The minimum absolute atomic E-state index is 0.202. The van der Waals surface area contributed by atoms with Gasteiger partial charge in [0.15, 0.2) is 0 Å². The molecule has 3 N–H and O–H groups in total. The highest BCUT2D eigenvalue weighted by Gasteiger charge is 2.49. The van der Waals surface area contributed by atoms with Crippen molar-refractivity contribution in [3.63, 3.8) is 0 Å². The van der Waals surface area contributed by atoms with Crippen LogP contribution in [0.5, 0.6) is 0 Å². The number of rotatable bonds is 5. The molecule has 2 aromatic rings. The van der Waals surface area contributed by atoms with Crippen LogP contribution in [0.3, 0.4) is 0 Å². The zero-order valence-corrected chi connectivity index (χ0v) is 16.1. The highest BCUT2D eigenvalue weighted by Crippen LogP contribution is 2.37. The van der Waals surface area contributed by atoms with Crippen molar-refractivity contribution >= 4 is 35.1 Å². The minimum atomic E-state index is -1.12. The lowest BCUT2D eigenvalue weighted by atomic mass is 9.87. The lowest BCUT2D eigenvalue weighted by molar-refractivity contribution is -0.130. The Hall–Kier alpha value is -2.31. The number of hydrogen-bond donors (Lipinski definition) is 2. The Morgan fingerprint density at radius 1 is 1.22 bits per heavy atom. The van der Waals surface area contributed by atoms with Crippen LogP contribution >= 0.6 is 23.2 Å². The quantitative estimate of drug-likeness (QED) is 0.798. The van der Waals surface area contributed by atoms with E-state index in [-0.39, 0.29) is 12.3 Å². The van der Waals surface area contributed by atoms with Crippen LogP contribution in [0.2, 0.25) is 10.0 Å². The molecule has 1 fully saturated rings. The van der Waals surface area contributed by atoms with Crippen LogP contribution in [0.1, 0.15) is 24.0 Å². The van der Waals surface area contributed by atoms with E-state index >= 15 is 0 Å². The molecule has 1 aromatic carbocycles. The first-order chi connectivity index (χ1) is 12.9. The van der Waals surface area contributed by atoms with E-state index in [0.29, 0.717) is 41.5 Å². The number of nitrogens with two attached hydrogens (primary N) is 1. The number of hydrogen-bond acceptors (Lipinski definition) is 3. The van der Waals surface area contributed by atoms with Crippen molar-refractivity contribution < 1.29 is 9.59 Å². The molecule has 0 bridgehead atoms. The summed E-state index contributed by atoms with van der Waals surface area (Å²) >= 11 is 12.6. The SMILES string of the molecule is NC(=O)N1CCCC1(Cc1c(Cl)cccc1Cl)C(=O)NCc1cccnc1. The number of urea groups is 1. The molecule has 0 radical (unpaired) electrons. The smallest absolute Gasteiger partial charge is 0.315 e. The number of primary amides is 1. The summed E-state index contributed by atoms with van der Waals surface area (Å²) < 4.78 is 0. The standard InChI is InChI=1S/C19H20Cl2N4O2/c20-15-5-1-6-16(21)14(15)10-19(7-3-9-25(19)18(22)27)17(26)24-12-13-4-2-8-23-11-13/h1-2,4-6,8,11H,3,7,9-10,12H2,(H2,22,27)(H,24,26). The van der Waals surface area contributed by atoms with Crippen LogP contribution in [0, 0.1) is 0 Å². The summed E-state index contributed by atoms with van der Waals surface area (Å²) in [4.78, 5) is 30.7. The largest absolute Gasteiger partial charge is 0.351 e. The van der Waals surface area contributed by atoms with Crippen molar-refractivity contribution in [3.8, 4) is 0 Å². The second-order valence-electron chi connectivity index (χ2n) is 6.55. The van der Waals surface area contributed by atoms with E-state index in [4.69, 9.17) is 28.9 Å². The number of benzene rings is 1. The molecule has 3 rings (SSSR count). The summed E-state index contributed by atoms with van der Waals surface area (Å²) in [5.41, 5.74) is 5.95. The number of nitrogens with zero attached hydrogens (tertiary/aromatic N) is 2. The average molecular weight is 407 g/mol. The summed E-state index contributed by atoms with van der Waals surface area (Å²) in [5.74, 6) is -0.279. The van der Waals surface area contributed by atoms with Gasteiger partial charge in [0, 0.05) is 41.9 Å². The fourth-order valence-corrected chi connectivity index (χ4v) is 4.07. The predicted molar refractivity (Wildman–Crippen MR) is 105 cm³/mol. The third-order valence-corrected chi connectivity index (χ3v) is 5.59. The maximum atomic E-state index is 13.2. The number of likely N-dealkylation sites (tertiary alicyclic amines) is 1. The van der Waals surface area contributed by atoms with Gasteiger partial charge >= 0.3 is 6.03 Å². The van der Waals surface area contributed by atoms with Crippen molar-refractivity contribution in [2.75, 3.05) is 6.54 Å². The molecule has 142 valence electrons. The van der Waals surface area contributed by atoms with Crippen molar-refractivity contribution in [3.05, 3.63) is 63.9 Å². The molecule has 1 saturated heterocycles. The number of nitrogens with one attached hydrogen (secondary N) is 1. The Morgan fingerprint density at radius 3 is 2.59 bits per heavy atom. The predicted octanol–water partition coefficient (Wildman–Crippen LogP) is 3.16. The molecule has 3 amide bonds. The van der Waals surface area contributed by atoms with Crippen molar-refractivity contribution in [2.24, 2.45) is 5.73 Å². The van der Waals surface area contributed by atoms with Gasteiger partial charge in [-0.2, -0.15) is 0 Å².